The fourth-order valence-electron chi connectivity index (χ4n) is 7.64. The highest BCUT2D eigenvalue weighted by Crippen LogP contribution is 2.56. The first-order valence-corrected chi connectivity index (χ1v) is 17.7. The van der Waals surface area contributed by atoms with E-state index in [9.17, 15) is 0 Å². The van der Waals surface area contributed by atoms with Gasteiger partial charge in [-0.3, -0.25) is 0 Å². The molecule has 47 heavy (non-hydrogen) atoms. The number of nitrogens with zero attached hydrogens (tertiary/aromatic N) is 1. The first kappa shape index (κ1) is 30.0. The van der Waals surface area contributed by atoms with Crippen LogP contribution in [0, 0.1) is 0 Å². The van der Waals surface area contributed by atoms with Crippen LogP contribution in [0.1, 0.15) is 77.6 Å². The predicted molar refractivity (Wildman–Crippen MR) is 206 cm³/mol. The average Bonchev–Trinajstić information content (AvgIpc) is 3.53. The Bertz CT molecular complexity index is 2340. The largest absolute Gasteiger partial charge is 0.308 e. The molecule has 0 radical (unpaired) electrons. The van der Waals surface area contributed by atoms with Gasteiger partial charge in [-0.1, -0.05) is 140 Å². The number of benzene rings is 6. The zero-order valence-electron chi connectivity index (χ0n) is 28.8. The molecule has 0 unspecified atom stereocenters. The summed E-state index contributed by atoms with van der Waals surface area (Å²) in [6.45, 7) is 18.6. The third-order valence-corrected chi connectivity index (χ3v) is 11.6. The highest BCUT2D eigenvalue weighted by molar-refractivity contribution is 7.26. The molecule has 1 nitrogen and oxygen atoms in total. The lowest BCUT2D eigenvalue weighted by atomic mass is 9.78. The number of anilines is 3. The molecule has 0 spiro atoms. The summed E-state index contributed by atoms with van der Waals surface area (Å²) in [6.07, 6.45) is 0. The molecule has 0 fully saturated rings. The first-order chi connectivity index (χ1) is 22.3. The Morgan fingerprint density at radius 2 is 1.15 bits per heavy atom. The van der Waals surface area contributed by atoms with Crippen LogP contribution in [0.25, 0.3) is 42.1 Å². The van der Waals surface area contributed by atoms with Crippen molar-refractivity contribution in [2.45, 2.75) is 71.6 Å². The van der Waals surface area contributed by atoms with Gasteiger partial charge in [-0.15, -0.1) is 11.3 Å². The second-order valence-electron chi connectivity index (χ2n) is 15.9. The van der Waals surface area contributed by atoms with Crippen molar-refractivity contribution in [2.24, 2.45) is 0 Å². The minimum absolute atomic E-state index is 0.0802. The molecule has 7 aromatic rings. The summed E-state index contributed by atoms with van der Waals surface area (Å²) in [5, 5.41) is 5.22. The van der Waals surface area contributed by atoms with Crippen LogP contribution in [0.15, 0.2) is 115 Å². The summed E-state index contributed by atoms with van der Waals surface area (Å²) in [5.41, 5.74) is 12.0. The summed E-state index contributed by atoms with van der Waals surface area (Å²) in [5.74, 6) is 0. The third-order valence-electron chi connectivity index (χ3n) is 10.4. The SMILES string of the molecule is CC(C)(C)c1ccc(N(c2cc3c(c4ccccc24)-c2ccc(C(C)(C)C)cc2C3(C)C)c2cccc3c2sc2ccccc23)cc1. The van der Waals surface area contributed by atoms with Gasteiger partial charge < -0.3 is 4.90 Å². The molecule has 0 saturated heterocycles. The zero-order valence-corrected chi connectivity index (χ0v) is 29.6. The maximum atomic E-state index is 2.53. The van der Waals surface area contributed by atoms with Crippen LogP contribution in [0.2, 0.25) is 0 Å². The van der Waals surface area contributed by atoms with Gasteiger partial charge in [-0.2, -0.15) is 0 Å². The van der Waals surface area contributed by atoms with Gasteiger partial charge in [0.25, 0.3) is 0 Å². The van der Waals surface area contributed by atoms with Crippen molar-refractivity contribution >= 4 is 59.3 Å². The van der Waals surface area contributed by atoms with Crippen molar-refractivity contribution in [2.75, 3.05) is 4.90 Å². The number of fused-ring (bicyclic) bond motifs is 8. The van der Waals surface area contributed by atoms with E-state index in [1.807, 2.05) is 11.3 Å². The molecule has 2 heteroatoms. The van der Waals surface area contributed by atoms with Gasteiger partial charge in [0.2, 0.25) is 0 Å². The second kappa shape index (κ2) is 10.3. The Labute approximate surface area is 283 Å². The van der Waals surface area contributed by atoms with Crippen LogP contribution < -0.4 is 4.90 Å². The summed E-state index contributed by atoms with van der Waals surface area (Å²) in [7, 11) is 0. The van der Waals surface area contributed by atoms with E-state index in [0.29, 0.717) is 0 Å². The molecule has 1 aliphatic carbocycles. The van der Waals surface area contributed by atoms with Crippen LogP contribution in [-0.4, -0.2) is 0 Å². The molecule has 234 valence electrons. The summed E-state index contributed by atoms with van der Waals surface area (Å²) in [4.78, 5) is 2.53. The number of hydrogen-bond donors (Lipinski definition) is 0. The monoisotopic (exact) mass is 629 g/mol. The standard InChI is InChI=1S/C45H43NS/c1-43(2,3)28-20-23-30(24-21-28)46(38-18-13-17-34-32-15-11-12-19-40(32)47-42(34)38)39-27-37-41(33-16-10-9-14-31(33)39)35-25-22-29(44(4,5)6)26-36(35)45(37,7)8/h9-27H,1-8H3. The lowest BCUT2D eigenvalue weighted by molar-refractivity contribution is 0.584. The van der Waals surface area contributed by atoms with Crippen LogP contribution >= 0.6 is 11.3 Å². The van der Waals surface area contributed by atoms with E-state index in [0.717, 1.165) is 0 Å². The van der Waals surface area contributed by atoms with Gasteiger partial charge in [-0.05, 0) is 79.9 Å². The van der Waals surface area contributed by atoms with E-state index >= 15 is 0 Å². The molecular formula is C45H43NS. The van der Waals surface area contributed by atoms with E-state index in [-0.39, 0.29) is 16.2 Å². The van der Waals surface area contributed by atoms with E-state index in [2.05, 4.69) is 176 Å². The highest BCUT2D eigenvalue weighted by atomic mass is 32.1. The molecule has 1 heterocycles. The Kier molecular flexibility index (Phi) is 6.57. The highest BCUT2D eigenvalue weighted by Gasteiger charge is 2.39. The maximum absolute atomic E-state index is 2.53. The second-order valence-corrected chi connectivity index (χ2v) is 16.9. The lowest BCUT2D eigenvalue weighted by Crippen LogP contribution is -2.18. The molecule has 0 bridgehead atoms. The van der Waals surface area contributed by atoms with Gasteiger partial charge in [-0.25, -0.2) is 0 Å². The van der Waals surface area contributed by atoms with Gasteiger partial charge in [0.05, 0.1) is 16.1 Å². The van der Waals surface area contributed by atoms with Crippen LogP contribution in [0.3, 0.4) is 0 Å². The number of rotatable bonds is 3. The number of thiophene rings is 1. The Balaban J connectivity index is 1.44. The normalized spacial score (nSPS) is 14.1. The van der Waals surface area contributed by atoms with E-state index in [1.165, 1.54) is 81.4 Å². The molecular weight excluding hydrogens is 587 g/mol. The topological polar surface area (TPSA) is 3.24 Å². The lowest BCUT2D eigenvalue weighted by Gasteiger charge is -2.31. The molecule has 0 saturated carbocycles. The molecule has 6 aromatic carbocycles. The molecule has 0 N–H and O–H groups in total. The molecule has 0 amide bonds. The molecule has 0 atom stereocenters. The van der Waals surface area contributed by atoms with E-state index in [4.69, 9.17) is 0 Å². The Morgan fingerprint density at radius 1 is 0.532 bits per heavy atom. The van der Waals surface area contributed by atoms with Crippen molar-refractivity contribution in [3.63, 3.8) is 0 Å². The molecule has 1 aromatic heterocycles. The molecule has 8 rings (SSSR count). The van der Waals surface area contributed by atoms with Crippen molar-refractivity contribution in [1.82, 2.24) is 0 Å². The average molecular weight is 630 g/mol. The van der Waals surface area contributed by atoms with Gasteiger partial charge >= 0.3 is 0 Å². The quantitative estimate of drug-likeness (QED) is 0.188. The smallest absolute Gasteiger partial charge is 0.0640 e. The van der Waals surface area contributed by atoms with Crippen molar-refractivity contribution < 1.29 is 0 Å². The molecule has 0 aliphatic heterocycles. The van der Waals surface area contributed by atoms with Crippen LogP contribution in [0.5, 0.6) is 0 Å². The van der Waals surface area contributed by atoms with E-state index < -0.39 is 0 Å². The minimum Gasteiger partial charge on any atom is -0.308 e. The summed E-state index contributed by atoms with van der Waals surface area (Å²) >= 11 is 1.90. The van der Waals surface area contributed by atoms with Gasteiger partial charge in [0.1, 0.15) is 0 Å². The Morgan fingerprint density at radius 3 is 1.85 bits per heavy atom. The van der Waals surface area contributed by atoms with Gasteiger partial charge in [0, 0.05) is 32.0 Å². The minimum atomic E-state index is -0.143. The predicted octanol–water partition coefficient (Wildman–Crippen LogP) is 13.6. The van der Waals surface area contributed by atoms with Crippen LogP contribution in [0.4, 0.5) is 17.1 Å². The Hall–Kier alpha value is -4.40. The van der Waals surface area contributed by atoms with E-state index in [1.54, 1.807) is 0 Å². The maximum Gasteiger partial charge on any atom is 0.0640 e. The van der Waals surface area contributed by atoms with Crippen molar-refractivity contribution in [1.29, 1.82) is 0 Å². The first-order valence-electron chi connectivity index (χ1n) is 16.9. The summed E-state index contributed by atoms with van der Waals surface area (Å²) in [6, 6.07) is 43.7. The number of hydrogen-bond acceptors (Lipinski definition) is 2. The molecule has 1 aliphatic rings. The van der Waals surface area contributed by atoms with Crippen LogP contribution in [-0.2, 0) is 16.2 Å². The zero-order chi connectivity index (χ0) is 32.9. The van der Waals surface area contributed by atoms with Crippen molar-refractivity contribution in [3.8, 4) is 11.1 Å². The fraction of sp³-hybridized carbons (Fsp3) is 0.244. The van der Waals surface area contributed by atoms with Gasteiger partial charge in [0.15, 0.2) is 0 Å². The third kappa shape index (κ3) is 4.64. The fourth-order valence-corrected chi connectivity index (χ4v) is 8.85. The van der Waals surface area contributed by atoms with Crippen molar-refractivity contribution in [3.05, 3.63) is 138 Å². The summed E-state index contributed by atoms with van der Waals surface area (Å²) < 4.78 is 2.64.